The van der Waals surface area contributed by atoms with E-state index in [1.165, 1.54) is 0 Å². The minimum atomic E-state index is -0.401. The van der Waals surface area contributed by atoms with Gasteiger partial charge < -0.3 is 9.80 Å². The number of benzene rings is 2. The van der Waals surface area contributed by atoms with Crippen molar-refractivity contribution in [3.8, 4) is 0 Å². The number of hydrogen-bond donors (Lipinski definition) is 0. The highest BCUT2D eigenvalue weighted by atomic mass is 35.5. The van der Waals surface area contributed by atoms with Gasteiger partial charge in [-0.05, 0) is 11.1 Å². The van der Waals surface area contributed by atoms with Gasteiger partial charge in [-0.2, -0.15) is 0 Å². The molecule has 2 aromatic rings. The van der Waals surface area contributed by atoms with Gasteiger partial charge in [-0.1, -0.05) is 60.7 Å². The molecule has 0 aromatic heterocycles. The molecule has 0 aliphatic heterocycles. The van der Waals surface area contributed by atoms with Crippen LogP contribution in [0.2, 0.25) is 0 Å². The molecule has 4 nitrogen and oxygen atoms in total. The number of carbonyl (C=O) groups excluding carboxylic acids is 2. The van der Waals surface area contributed by atoms with Gasteiger partial charge in [-0.3, -0.25) is 9.59 Å². The average Bonchev–Trinajstić information content (AvgIpc) is 2.70. The van der Waals surface area contributed by atoms with Gasteiger partial charge in [0.2, 0.25) is 11.8 Å². The SMILES string of the molecule is CN(C(=O)CCl)[C@@H](c1ccccc1)[C@H](c1ccccc1)N(C)C(=O)CCl. The molecule has 0 radical (unpaired) electrons. The maximum atomic E-state index is 12.4. The lowest BCUT2D eigenvalue weighted by Crippen LogP contribution is -2.43. The lowest BCUT2D eigenvalue weighted by atomic mass is 9.91. The van der Waals surface area contributed by atoms with Gasteiger partial charge in [0, 0.05) is 14.1 Å². The first-order chi connectivity index (χ1) is 12.5. The lowest BCUT2D eigenvalue weighted by Gasteiger charge is -2.40. The molecule has 2 amide bonds. The van der Waals surface area contributed by atoms with Crippen LogP contribution in [-0.2, 0) is 9.59 Å². The molecule has 0 saturated heterocycles. The summed E-state index contributed by atoms with van der Waals surface area (Å²) in [5, 5.41) is 0. The van der Waals surface area contributed by atoms with E-state index in [9.17, 15) is 9.59 Å². The molecule has 0 heterocycles. The van der Waals surface area contributed by atoms with Crippen molar-refractivity contribution in [2.45, 2.75) is 12.1 Å². The van der Waals surface area contributed by atoms with E-state index in [1.807, 2.05) is 60.7 Å². The summed E-state index contributed by atoms with van der Waals surface area (Å²) >= 11 is 11.6. The average molecular weight is 393 g/mol. The van der Waals surface area contributed by atoms with Crippen molar-refractivity contribution in [3.63, 3.8) is 0 Å². The van der Waals surface area contributed by atoms with E-state index in [0.717, 1.165) is 11.1 Å². The van der Waals surface area contributed by atoms with Crippen LogP contribution in [-0.4, -0.2) is 47.5 Å². The molecule has 0 spiro atoms. The molecule has 2 atom stereocenters. The molecule has 0 fully saturated rings. The van der Waals surface area contributed by atoms with E-state index in [-0.39, 0.29) is 23.6 Å². The van der Waals surface area contributed by atoms with Gasteiger partial charge >= 0.3 is 0 Å². The van der Waals surface area contributed by atoms with E-state index in [2.05, 4.69) is 0 Å². The predicted octanol–water partition coefficient (Wildman–Crippen LogP) is 3.86. The highest BCUT2D eigenvalue weighted by Gasteiger charge is 2.35. The molecular weight excluding hydrogens is 371 g/mol. The first kappa shape index (κ1) is 20.3. The standard InChI is InChI=1S/C20H22Cl2N2O2/c1-23(17(25)13-21)19(15-9-5-3-6-10-15)20(24(2)18(26)14-22)16-11-7-4-8-12-16/h3-12,19-20H,13-14H2,1-2H3/t19-,20-/m0/s1. The molecule has 2 aromatic carbocycles. The molecule has 0 aliphatic carbocycles. The number of rotatable bonds is 7. The van der Waals surface area contributed by atoms with Crippen LogP contribution in [0.1, 0.15) is 23.2 Å². The summed E-state index contributed by atoms with van der Waals surface area (Å²) in [4.78, 5) is 28.0. The number of likely N-dealkylation sites (N-methyl/N-ethyl adjacent to an activating group) is 2. The van der Waals surface area contributed by atoms with Crippen molar-refractivity contribution in [2.24, 2.45) is 0 Å². The van der Waals surface area contributed by atoms with E-state index in [0.29, 0.717) is 0 Å². The van der Waals surface area contributed by atoms with Gasteiger partial charge in [0.15, 0.2) is 0 Å². The minimum Gasteiger partial charge on any atom is -0.335 e. The Hall–Kier alpha value is -2.04. The molecule has 0 bridgehead atoms. The van der Waals surface area contributed by atoms with Crippen LogP contribution in [0.5, 0.6) is 0 Å². The lowest BCUT2D eigenvalue weighted by molar-refractivity contribution is -0.136. The minimum absolute atomic E-state index is 0.130. The Morgan fingerprint density at radius 2 is 1.04 bits per heavy atom. The van der Waals surface area contributed by atoms with Crippen LogP contribution < -0.4 is 0 Å². The summed E-state index contributed by atoms with van der Waals surface area (Å²) in [5.41, 5.74) is 1.83. The number of hydrogen-bond acceptors (Lipinski definition) is 2. The second-order valence-electron chi connectivity index (χ2n) is 5.99. The Labute approximate surface area is 164 Å². The van der Waals surface area contributed by atoms with Crippen LogP contribution >= 0.6 is 23.2 Å². The number of carbonyl (C=O) groups is 2. The maximum Gasteiger partial charge on any atom is 0.237 e. The molecular formula is C20H22Cl2N2O2. The summed E-state index contributed by atoms with van der Waals surface area (Å²) in [6.07, 6.45) is 0. The first-order valence-electron chi connectivity index (χ1n) is 8.24. The van der Waals surface area contributed by atoms with E-state index >= 15 is 0 Å². The topological polar surface area (TPSA) is 40.6 Å². The molecule has 0 unspecified atom stereocenters. The summed E-state index contributed by atoms with van der Waals surface area (Å²) in [7, 11) is 3.41. The van der Waals surface area contributed by atoms with Crippen LogP contribution in [0, 0.1) is 0 Å². The third-order valence-corrected chi connectivity index (χ3v) is 4.89. The Kier molecular flexibility index (Phi) is 7.49. The Morgan fingerprint density at radius 3 is 1.31 bits per heavy atom. The summed E-state index contributed by atoms with van der Waals surface area (Å²) in [5.74, 6) is -0.690. The van der Waals surface area contributed by atoms with Crippen molar-refractivity contribution in [3.05, 3.63) is 71.8 Å². The zero-order chi connectivity index (χ0) is 19.1. The Balaban J connectivity index is 2.60. The second-order valence-corrected chi connectivity index (χ2v) is 6.52. The molecule has 138 valence electrons. The van der Waals surface area contributed by atoms with Crippen molar-refractivity contribution in [1.82, 2.24) is 9.80 Å². The number of halogens is 2. The highest BCUT2D eigenvalue weighted by molar-refractivity contribution is 6.27. The van der Waals surface area contributed by atoms with Crippen LogP contribution in [0.15, 0.2) is 60.7 Å². The van der Waals surface area contributed by atoms with Gasteiger partial charge in [0.1, 0.15) is 11.8 Å². The highest BCUT2D eigenvalue weighted by Crippen LogP contribution is 2.37. The van der Waals surface area contributed by atoms with Crippen molar-refractivity contribution in [1.29, 1.82) is 0 Å². The molecule has 2 rings (SSSR count). The zero-order valence-electron chi connectivity index (χ0n) is 14.8. The van der Waals surface area contributed by atoms with Gasteiger partial charge in [-0.25, -0.2) is 0 Å². The number of nitrogens with zero attached hydrogens (tertiary/aromatic N) is 2. The fourth-order valence-electron chi connectivity index (χ4n) is 3.03. The Bertz CT molecular complexity index is 662. The van der Waals surface area contributed by atoms with E-state index in [4.69, 9.17) is 23.2 Å². The fourth-order valence-corrected chi connectivity index (χ4v) is 3.41. The molecule has 0 saturated carbocycles. The van der Waals surface area contributed by atoms with Crippen LogP contribution in [0.3, 0.4) is 0 Å². The predicted molar refractivity (Wildman–Crippen MR) is 105 cm³/mol. The van der Waals surface area contributed by atoms with Gasteiger partial charge in [0.05, 0.1) is 12.1 Å². The Morgan fingerprint density at radius 1 is 0.731 bits per heavy atom. The summed E-state index contributed by atoms with van der Waals surface area (Å²) < 4.78 is 0. The molecule has 0 N–H and O–H groups in total. The molecule has 6 heteroatoms. The monoisotopic (exact) mass is 392 g/mol. The van der Waals surface area contributed by atoms with Gasteiger partial charge in [0.25, 0.3) is 0 Å². The fraction of sp³-hybridized carbons (Fsp3) is 0.300. The summed E-state index contributed by atoms with van der Waals surface area (Å²) in [6, 6.07) is 18.4. The van der Waals surface area contributed by atoms with Crippen molar-refractivity contribution in [2.75, 3.05) is 25.9 Å². The first-order valence-corrected chi connectivity index (χ1v) is 9.31. The van der Waals surface area contributed by atoms with Crippen molar-refractivity contribution >= 4 is 35.0 Å². The number of amides is 2. The van der Waals surface area contributed by atoms with E-state index < -0.39 is 12.1 Å². The van der Waals surface area contributed by atoms with Crippen LogP contribution in [0.25, 0.3) is 0 Å². The summed E-state index contributed by atoms with van der Waals surface area (Å²) in [6.45, 7) is 0. The zero-order valence-corrected chi connectivity index (χ0v) is 16.3. The van der Waals surface area contributed by atoms with Gasteiger partial charge in [-0.15, -0.1) is 23.2 Å². The second kappa shape index (κ2) is 9.60. The third-order valence-electron chi connectivity index (χ3n) is 4.43. The van der Waals surface area contributed by atoms with Crippen LogP contribution in [0.4, 0.5) is 0 Å². The largest absolute Gasteiger partial charge is 0.335 e. The molecule has 26 heavy (non-hydrogen) atoms. The molecule has 0 aliphatic rings. The normalized spacial score (nSPS) is 12.9. The van der Waals surface area contributed by atoms with Crippen molar-refractivity contribution < 1.29 is 9.59 Å². The maximum absolute atomic E-state index is 12.4. The smallest absolute Gasteiger partial charge is 0.237 e. The van der Waals surface area contributed by atoms with E-state index in [1.54, 1.807) is 23.9 Å². The third kappa shape index (κ3) is 4.57. The quantitative estimate of drug-likeness (QED) is 0.671. The number of alkyl halides is 2.